The summed E-state index contributed by atoms with van der Waals surface area (Å²) in [4.78, 5) is 13.1. The zero-order valence-corrected chi connectivity index (χ0v) is 17.9. The molecular formula is C23H19N5O3S. The number of aliphatic hydroxyl groups is 1. The minimum absolute atomic E-state index is 0.152. The molecule has 4 rings (SSSR count). The van der Waals surface area contributed by atoms with Gasteiger partial charge in [-0.15, -0.1) is 0 Å². The summed E-state index contributed by atoms with van der Waals surface area (Å²) in [5.41, 5.74) is 8.25. The van der Waals surface area contributed by atoms with Crippen LogP contribution in [0.4, 0.5) is 17.3 Å². The number of nitrogens with two attached hydrogens (primary N) is 1. The summed E-state index contributed by atoms with van der Waals surface area (Å²) in [5, 5.41) is 14.1. The summed E-state index contributed by atoms with van der Waals surface area (Å²) >= 11 is 0. The Morgan fingerprint density at radius 2 is 1.81 bits per heavy atom. The zero-order valence-electron chi connectivity index (χ0n) is 17.1. The first kappa shape index (κ1) is 21.2. The average molecular weight is 446 g/mol. The lowest BCUT2D eigenvalue weighted by molar-refractivity contribution is 0.281. The first-order valence-corrected chi connectivity index (χ1v) is 11.4. The molecule has 0 fully saturated rings. The topological polar surface area (TPSA) is 131 Å². The second kappa shape index (κ2) is 8.63. The molecular weight excluding hydrogens is 426 g/mol. The quantitative estimate of drug-likeness (QED) is 0.409. The zero-order chi connectivity index (χ0) is 22.7. The predicted molar refractivity (Wildman–Crippen MR) is 123 cm³/mol. The van der Waals surface area contributed by atoms with Gasteiger partial charge >= 0.3 is 0 Å². The summed E-state index contributed by atoms with van der Waals surface area (Å²) in [6, 6.07) is 11.8. The Kier molecular flexibility index (Phi) is 5.73. The van der Waals surface area contributed by atoms with Gasteiger partial charge in [-0.05, 0) is 53.9 Å². The van der Waals surface area contributed by atoms with Gasteiger partial charge < -0.3 is 16.2 Å². The van der Waals surface area contributed by atoms with Crippen molar-refractivity contribution in [2.45, 2.75) is 11.5 Å². The minimum Gasteiger partial charge on any atom is -0.392 e. The monoisotopic (exact) mass is 445 g/mol. The van der Waals surface area contributed by atoms with Crippen LogP contribution in [0.25, 0.3) is 10.8 Å². The molecule has 0 saturated heterocycles. The van der Waals surface area contributed by atoms with E-state index >= 15 is 0 Å². The Balaban J connectivity index is 1.67. The van der Waals surface area contributed by atoms with E-state index in [1.165, 1.54) is 24.6 Å². The summed E-state index contributed by atoms with van der Waals surface area (Å²) in [6.07, 6.45) is 6.02. The van der Waals surface area contributed by atoms with Crippen molar-refractivity contribution in [1.82, 2.24) is 15.0 Å². The molecule has 0 aliphatic heterocycles. The molecule has 0 unspecified atom stereocenters. The van der Waals surface area contributed by atoms with Gasteiger partial charge in [-0.2, -0.15) is 0 Å². The molecule has 160 valence electrons. The van der Waals surface area contributed by atoms with Gasteiger partial charge in [0.05, 0.1) is 17.1 Å². The van der Waals surface area contributed by atoms with Crippen molar-refractivity contribution in [2.75, 3.05) is 17.3 Å². The van der Waals surface area contributed by atoms with Crippen molar-refractivity contribution >= 4 is 37.9 Å². The highest BCUT2D eigenvalue weighted by Crippen LogP contribution is 2.23. The third-order valence-corrected chi connectivity index (χ3v) is 5.80. The van der Waals surface area contributed by atoms with Crippen LogP contribution in [0, 0.1) is 11.8 Å². The maximum atomic E-state index is 11.6. The number of hydrogen-bond acceptors (Lipinski definition) is 8. The van der Waals surface area contributed by atoms with E-state index < -0.39 is 9.84 Å². The molecule has 9 heteroatoms. The van der Waals surface area contributed by atoms with Gasteiger partial charge in [-0.1, -0.05) is 5.92 Å². The molecule has 0 spiro atoms. The summed E-state index contributed by atoms with van der Waals surface area (Å²) < 4.78 is 23.3. The van der Waals surface area contributed by atoms with E-state index in [-0.39, 0.29) is 17.3 Å². The minimum atomic E-state index is -3.26. The Morgan fingerprint density at radius 3 is 2.53 bits per heavy atom. The fraction of sp³-hybridized carbons (Fsp3) is 0.0870. The Hall–Kier alpha value is -4.00. The third-order valence-electron chi connectivity index (χ3n) is 4.68. The first-order valence-electron chi connectivity index (χ1n) is 9.53. The first-order chi connectivity index (χ1) is 15.3. The van der Waals surface area contributed by atoms with E-state index in [2.05, 4.69) is 32.1 Å². The van der Waals surface area contributed by atoms with Crippen LogP contribution in [0.5, 0.6) is 0 Å². The summed E-state index contributed by atoms with van der Waals surface area (Å²) in [5.74, 6) is 6.84. The molecule has 0 bridgehead atoms. The lowest BCUT2D eigenvalue weighted by atomic mass is 10.1. The van der Waals surface area contributed by atoms with E-state index in [0.717, 1.165) is 10.8 Å². The van der Waals surface area contributed by atoms with Crippen molar-refractivity contribution in [3.05, 3.63) is 77.9 Å². The number of aromatic nitrogens is 3. The average Bonchev–Trinajstić information content (AvgIpc) is 2.78. The maximum absolute atomic E-state index is 11.6. The van der Waals surface area contributed by atoms with Crippen molar-refractivity contribution in [1.29, 1.82) is 0 Å². The smallest absolute Gasteiger partial charge is 0.175 e. The van der Waals surface area contributed by atoms with E-state index in [4.69, 9.17) is 5.73 Å². The highest BCUT2D eigenvalue weighted by molar-refractivity contribution is 7.90. The molecule has 4 aromatic rings. The molecule has 0 atom stereocenters. The van der Waals surface area contributed by atoms with Crippen LogP contribution in [0.3, 0.4) is 0 Å². The fourth-order valence-electron chi connectivity index (χ4n) is 3.00. The molecule has 8 nitrogen and oxygen atoms in total. The molecule has 1 aromatic carbocycles. The van der Waals surface area contributed by atoms with Gasteiger partial charge in [0.2, 0.25) is 0 Å². The number of nitrogens with one attached hydrogen (secondary N) is 1. The van der Waals surface area contributed by atoms with Gasteiger partial charge in [0.15, 0.2) is 9.84 Å². The number of benzene rings is 1. The highest BCUT2D eigenvalue weighted by Gasteiger charge is 2.08. The Morgan fingerprint density at radius 1 is 1.03 bits per heavy atom. The van der Waals surface area contributed by atoms with Crippen LogP contribution in [-0.4, -0.2) is 34.7 Å². The lowest BCUT2D eigenvalue weighted by Gasteiger charge is -2.08. The number of pyridine rings is 3. The van der Waals surface area contributed by atoms with Crippen molar-refractivity contribution in [3.8, 4) is 11.8 Å². The molecule has 4 N–H and O–H groups in total. The van der Waals surface area contributed by atoms with Crippen LogP contribution in [0.1, 0.15) is 16.8 Å². The molecule has 0 aliphatic carbocycles. The van der Waals surface area contributed by atoms with E-state index in [1.54, 1.807) is 30.6 Å². The van der Waals surface area contributed by atoms with Gasteiger partial charge in [0, 0.05) is 41.3 Å². The number of nitrogens with zero attached hydrogens (tertiary/aromatic N) is 3. The predicted octanol–water partition coefficient (Wildman–Crippen LogP) is 2.65. The van der Waals surface area contributed by atoms with Crippen LogP contribution in [-0.2, 0) is 16.4 Å². The second-order valence-electron chi connectivity index (χ2n) is 7.06. The largest absolute Gasteiger partial charge is 0.392 e. The molecule has 0 saturated carbocycles. The SMILES string of the molecule is CS(=O)(=O)c1ccc(Nc2cc3c(C#Cc4cc(CO)cnc4N)nccc3cn2)cc1. The second-order valence-corrected chi connectivity index (χ2v) is 9.07. The summed E-state index contributed by atoms with van der Waals surface area (Å²) in [7, 11) is -3.26. The van der Waals surface area contributed by atoms with Crippen LogP contribution < -0.4 is 11.1 Å². The standard InChI is InChI=1S/C23H19N5O3S/c1-32(30,31)19-5-3-18(4-6-19)28-22-11-20-17(13-26-22)8-9-25-21(20)7-2-16-10-15(14-29)12-27-23(16)24/h3-6,8-13,29H,14H2,1H3,(H2,24,27)(H,26,28). The summed E-state index contributed by atoms with van der Waals surface area (Å²) in [6.45, 7) is -0.152. The molecule has 0 aliphatic rings. The van der Waals surface area contributed by atoms with Crippen molar-refractivity contribution in [3.63, 3.8) is 0 Å². The van der Waals surface area contributed by atoms with Gasteiger partial charge in [0.25, 0.3) is 0 Å². The molecule has 3 aromatic heterocycles. The van der Waals surface area contributed by atoms with Crippen LogP contribution >= 0.6 is 0 Å². The van der Waals surface area contributed by atoms with Crippen molar-refractivity contribution < 1.29 is 13.5 Å². The number of fused-ring (bicyclic) bond motifs is 1. The van der Waals surface area contributed by atoms with Gasteiger partial charge in [-0.3, -0.25) is 0 Å². The highest BCUT2D eigenvalue weighted by atomic mass is 32.2. The molecule has 32 heavy (non-hydrogen) atoms. The molecule has 0 radical (unpaired) electrons. The normalized spacial score (nSPS) is 11.1. The number of hydrogen-bond donors (Lipinski definition) is 3. The van der Waals surface area contributed by atoms with Gasteiger partial charge in [0.1, 0.15) is 17.3 Å². The van der Waals surface area contributed by atoms with Crippen LogP contribution in [0.15, 0.2) is 66.0 Å². The number of nitrogen functional groups attached to an aromatic ring is 1. The van der Waals surface area contributed by atoms with E-state index in [9.17, 15) is 13.5 Å². The number of sulfone groups is 1. The van der Waals surface area contributed by atoms with Gasteiger partial charge in [-0.25, -0.2) is 23.4 Å². The number of aliphatic hydroxyl groups excluding tert-OH is 1. The van der Waals surface area contributed by atoms with Crippen LogP contribution in [0.2, 0.25) is 0 Å². The third kappa shape index (κ3) is 4.67. The number of rotatable bonds is 4. The number of anilines is 3. The Labute approximate surface area is 185 Å². The van der Waals surface area contributed by atoms with E-state index in [1.807, 2.05) is 12.1 Å². The van der Waals surface area contributed by atoms with Crippen molar-refractivity contribution in [2.24, 2.45) is 0 Å². The fourth-order valence-corrected chi connectivity index (χ4v) is 3.63. The lowest BCUT2D eigenvalue weighted by Crippen LogP contribution is -1.98. The maximum Gasteiger partial charge on any atom is 0.175 e. The molecule has 0 amide bonds. The van der Waals surface area contributed by atoms with E-state index in [0.29, 0.717) is 28.3 Å². The molecule has 3 heterocycles. The Bertz CT molecular complexity index is 1470.